The van der Waals surface area contributed by atoms with Gasteiger partial charge in [0.2, 0.25) is 10.0 Å². The van der Waals surface area contributed by atoms with Crippen molar-refractivity contribution in [1.82, 2.24) is 9.62 Å². The minimum absolute atomic E-state index is 0.0499. The molecule has 6 heteroatoms. The van der Waals surface area contributed by atoms with Crippen molar-refractivity contribution < 1.29 is 8.42 Å². The lowest BCUT2D eigenvalue weighted by molar-refractivity contribution is 0.217. The molecule has 3 rings (SSSR count). The zero-order valence-corrected chi connectivity index (χ0v) is 12.9. The van der Waals surface area contributed by atoms with Crippen molar-refractivity contribution in [2.45, 2.75) is 30.7 Å². The van der Waals surface area contributed by atoms with Crippen LogP contribution in [0.4, 0.5) is 0 Å². The highest BCUT2D eigenvalue weighted by Crippen LogP contribution is 2.32. The molecule has 0 radical (unpaired) electrons. The Hall–Kier alpha value is -1.42. The van der Waals surface area contributed by atoms with Crippen LogP contribution in [0.5, 0.6) is 0 Å². The Morgan fingerprint density at radius 3 is 2.95 bits per heavy atom. The molecule has 1 N–H and O–H groups in total. The van der Waals surface area contributed by atoms with Crippen molar-refractivity contribution in [3.8, 4) is 6.07 Å². The lowest BCUT2D eigenvalue weighted by Crippen LogP contribution is -2.48. The van der Waals surface area contributed by atoms with Crippen molar-refractivity contribution in [2.24, 2.45) is 5.92 Å². The highest BCUT2D eigenvalue weighted by molar-refractivity contribution is 7.89. The fourth-order valence-electron chi connectivity index (χ4n) is 3.40. The number of rotatable bonds is 2. The number of benzene rings is 1. The van der Waals surface area contributed by atoms with E-state index in [-0.39, 0.29) is 10.9 Å². The molecule has 0 aromatic heterocycles. The average molecular weight is 305 g/mol. The third kappa shape index (κ3) is 2.46. The molecule has 2 atom stereocenters. The molecular formula is C15H19N3O2S. The molecule has 2 fully saturated rings. The van der Waals surface area contributed by atoms with Crippen molar-refractivity contribution in [3.05, 3.63) is 29.3 Å². The van der Waals surface area contributed by atoms with E-state index in [0.29, 0.717) is 23.6 Å². The van der Waals surface area contributed by atoms with Gasteiger partial charge < -0.3 is 5.32 Å². The van der Waals surface area contributed by atoms with Gasteiger partial charge in [0.05, 0.1) is 16.5 Å². The van der Waals surface area contributed by atoms with Crippen molar-refractivity contribution in [3.63, 3.8) is 0 Å². The molecular weight excluding hydrogens is 286 g/mol. The van der Waals surface area contributed by atoms with E-state index in [0.717, 1.165) is 25.9 Å². The van der Waals surface area contributed by atoms with E-state index < -0.39 is 10.0 Å². The summed E-state index contributed by atoms with van der Waals surface area (Å²) in [5.41, 5.74) is 1.08. The molecule has 0 spiro atoms. The lowest BCUT2D eigenvalue weighted by Gasteiger charge is -2.36. The van der Waals surface area contributed by atoms with Gasteiger partial charge in [-0.15, -0.1) is 0 Å². The Balaban J connectivity index is 2.02. The van der Waals surface area contributed by atoms with Gasteiger partial charge in [0, 0.05) is 19.1 Å². The first kappa shape index (κ1) is 14.5. The first-order chi connectivity index (χ1) is 10.0. The Morgan fingerprint density at radius 1 is 1.38 bits per heavy atom. The maximum Gasteiger partial charge on any atom is 0.243 e. The molecule has 2 aliphatic rings. The molecule has 1 aromatic carbocycles. The van der Waals surface area contributed by atoms with E-state index in [9.17, 15) is 8.42 Å². The normalized spacial score (nSPS) is 26.3. The molecule has 2 aliphatic heterocycles. The maximum absolute atomic E-state index is 13.0. The van der Waals surface area contributed by atoms with Crippen LogP contribution in [0, 0.1) is 24.2 Å². The second-order valence-electron chi connectivity index (χ2n) is 5.84. The van der Waals surface area contributed by atoms with E-state index in [1.54, 1.807) is 23.4 Å². The van der Waals surface area contributed by atoms with Crippen LogP contribution in [0.1, 0.15) is 24.0 Å². The Morgan fingerprint density at radius 2 is 2.19 bits per heavy atom. The zero-order valence-electron chi connectivity index (χ0n) is 12.0. The second-order valence-corrected chi connectivity index (χ2v) is 7.69. The molecule has 0 bridgehead atoms. The number of piperidine rings is 1. The fraction of sp³-hybridized carbons (Fsp3) is 0.533. The van der Waals surface area contributed by atoms with E-state index >= 15 is 0 Å². The minimum Gasteiger partial charge on any atom is -0.315 e. The van der Waals surface area contributed by atoms with Gasteiger partial charge in [0.15, 0.2) is 0 Å². The number of hydrogen-bond acceptors (Lipinski definition) is 4. The predicted molar refractivity (Wildman–Crippen MR) is 79.2 cm³/mol. The number of aryl methyl sites for hydroxylation is 1. The molecule has 2 unspecified atom stereocenters. The van der Waals surface area contributed by atoms with Crippen LogP contribution >= 0.6 is 0 Å². The fourth-order valence-corrected chi connectivity index (χ4v) is 5.37. The van der Waals surface area contributed by atoms with Gasteiger partial charge in [-0.05, 0) is 49.9 Å². The monoisotopic (exact) mass is 305 g/mol. The average Bonchev–Trinajstić information content (AvgIpc) is 2.95. The van der Waals surface area contributed by atoms with Crippen molar-refractivity contribution in [2.75, 3.05) is 19.6 Å². The smallest absolute Gasteiger partial charge is 0.243 e. The molecule has 2 saturated heterocycles. The van der Waals surface area contributed by atoms with Crippen LogP contribution < -0.4 is 5.32 Å². The van der Waals surface area contributed by atoms with E-state index in [1.165, 1.54) is 6.07 Å². The standard InChI is InChI=1S/C15H19N3O2S/c1-11-4-5-12(8-16)7-15(11)21(19,20)18-6-2-3-13-9-17-10-14(13)18/h4-5,7,13-14,17H,2-3,6,9-10H2,1H3. The summed E-state index contributed by atoms with van der Waals surface area (Å²) >= 11 is 0. The number of nitrogens with zero attached hydrogens (tertiary/aromatic N) is 2. The Labute approximate surface area is 125 Å². The highest BCUT2D eigenvalue weighted by atomic mass is 32.2. The van der Waals surface area contributed by atoms with Gasteiger partial charge in [0.1, 0.15) is 0 Å². The third-order valence-corrected chi connectivity index (χ3v) is 6.60. The first-order valence-electron chi connectivity index (χ1n) is 7.27. The highest BCUT2D eigenvalue weighted by Gasteiger charge is 2.41. The zero-order chi connectivity index (χ0) is 15.0. The molecule has 5 nitrogen and oxygen atoms in total. The molecule has 2 heterocycles. The summed E-state index contributed by atoms with van der Waals surface area (Å²) in [7, 11) is -3.54. The van der Waals surface area contributed by atoms with Crippen molar-refractivity contribution >= 4 is 10.0 Å². The maximum atomic E-state index is 13.0. The quantitative estimate of drug-likeness (QED) is 0.892. The molecule has 0 amide bonds. The van der Waals surface area contributed by atoms with Crippen LogP contribution in [0.2, 0.25) is 0 Å². The third-order valence-electron chi connectivity index (χ3n) is 4.53. The SMILES string of the molecule is Cc1ccc(C#N)cc1S(=O)(=O)N1CCCC2CNCC21. The molecule has 0 aliphatic carbocycles. The van der Waals surface area contributed by atoms with Crippen LogP contribution in [0.3, 0.4) is 0 Å². The largest absolute Gasteiger partial charge is 0.315 e. The second kappa shape index (κ2) is 5.41. The number of sulfonamides is 1. The summed E-state index contributed by atoms with van der Waals surface area (Å²) in [5, 5.41) is 12.3. The summed E-state index contributed by atoms with van der Waals surface area (Å²) in [6.07, 6.45) is 1.99. The molecule has 1 aromatic rings. The molecule has 0 saturated carbocycles. The first-order valence-corrected chi connectivity index (χ1v) is 8.71. The van der Waals surface area contributed by atoms with Crippen molar-refractivity contribution in [1.29, 1.82) is 5.26 Å². The molecule has 112 valence electrons. The van der Waals surface area contributed by atoms with Gasteiger partial charge >= 0.3 is 0 Å². The number of hydrogen-bond donors (Lipinski definition) is 1. The summed E-state index contributed by atoms with van der Waals surface area (Å²) in [5.74, 6) is 0.410. The Kier molecular flexibility index (Phi) is 3.74. The van der Waals surface area contributed by atoms with Gasteiger partial charge in [-0.1, -0.05) is 6.07 Å². The number of fused-ring (bicyclic) bond motifs is 1. The Bertz CT molecular complexity index is 693. The van der Waals surface area contributed by atoms with E-state index in [1.807, 2.05) is 6.07 Å². The number of nitriles is 1. The van der Waals surface area contributed by atoms with Crippen LogP contribution in [-0.2, 0) is 10.0 Å². The van der Waals surface area contributed by atoms with Gasteiger partial charge in [-0.2, -0.15) is 9.57 Å². The number of nitrogens with one attached hydrogen (secondary N) is 1. The topological polar surface area (TPSA) is 73.2 Å². The lowest BCUT2D eigenvalue weighted by atomic mass is 9.94. The van der Waals surface area contributed by atoms with Gasteiger partial charge in [-0.25, -0.2) is 8.42 Å². The summed E-state index contributed by atoms with van der Waals surface area (Å²) in [4.78, 5) is 0.272. The molecule has 21 heavy (non-hydrogen) atoms. The van der Waals surface area contributed by atoms with Crippen LogP contribution in [-0.4, -0.2) is 38.4 Å². The van der Waals surface area contributed by atoms with Crippen LogP contribution in [0.25, 0.3) is 0 Å². The summed E-state index contributed by atoms with van der Waals surface area (Å²) in [6, 6.07) is 6.93. The van der Waals surface area contributed by atoms with E-state index in [4.69, 9.17) is 5.26 Å². The van der Waals surface area contributed by atoms with Gasteiger partial charge in [-0.3, -0.25) is 0 Å². The summed E-state index contributed by atoms with van der Waals surface area (Å²) < 4.78 is 27.7. The van der Waals surface area contributed by atoms with Crippen LogP contribution in [0.15, 0.2) is 23.1 Å². The van der Waals surface area contributed by atoms with Gasteiger partial charge in [0.25, 0.3) is 0 Å². The van der Waals surface area contributed by atoms with E-state index in [2.05, 4.69) is 5.32 Å². The summed E-state index contributed by atoms with van der Waals surface area (Å²) in [6.45, 7) is 3.97. The minimum atomic E-state index is -3.54. The predicted octanol–water partition coefficient (Wildman–Crippen LogP) is 1.24.